The molecule has 0 aromatic heterocycles. The summed E-state index contributed by atoms with van der Waals surface area (Å²) in [5.41, 5.74) is 0. The van der Waals surface area contributed by atoms with Crippen LogP contribution in [0.15, 0.2) is 0 Å². The third-order valence-electron chi connectivity index (χ3n) is 2.48. The Labute approximate surface area is 118 Å². The highest BCUT2D eigenvalue weighted by atomic mass is 31.2. The van der Waals surface area contributed by atoms with E-state index in [-0.39, 0.29) is 0 Å². The van der Waals surface area contributed by atoms with E-state index in [0.717, 1.165) is 0 Å². The zero-order valence-corrected chi connectivity index (χ0v) is 10.9. The van der Waals surface area contributed by atoms with Crippen molar-refractivity contribution in [2.45, 2.75) is 42.2 Å². The lowest BCUT2D eigenvalue weighted by Crippen LogP contribution is -2.66. The molecule has 0 aromatic carbocycles. The van der Waals surface area contributed by atoms with Crippen molar-refractivity contribution in [1.29, 1.82) is 0 Å². The van der Waals surface area contributed by atoms with Gasteiger partial charge in [-0.3, -0.25) is 4.57 Å². The molecule has 3 unspecified atom stereocenters. The number of halogens is 12. The molecule has 0 rings (SSSR count). The Morgan fingerprint density at radius 1 is 0.783 bits per heavy atom. The lowest BCUT2D eigenvalue weighted by molar-refractivity contribution is -0.343. The van der Waals surface area contributed by atoms with E-state index in [4.69, 9.17) is 9.79 Å². The summed E-state index contributed by atoms with van der Waals surface area (Å²) >= 11 is 0. The first-order valence-corrected chi connectivity index (χ1v) is 6.51. The Bertz CT molecular complexity index is 472. The third-order valence-corrected chi connectivity index (χ3v) is 3.82. The van der Waals surface area contributed by atoms with E-state index in [0.29, 0.717) is 0 Å². The van der Waals surface area contributed by atoms with Crippen LogP contribution in [-0.2, 0) is 4.57 Å². The van der Waals surface area contributed by atoms with Crippen LogP contribution in [0.1, 0.15) is 0 Å². The Morgan fingerprint density at radius 2 is 1.13 bits per heavy atom. The molecule has 0 spiro atoms. The molecule has 140 valence electrons. The second kappa shape index (κ2) is 5.99. The van der Waals surface area contributed by atoms with Crippen LogP contribution >= 0.6 is 7.60 Å². The second-order valence-electron chi connectivity index (χ2n) is 4.04. The molecule has 0 amide bonds. The van der Waals surface area contributed by atoms with E-state index < -0.39 is 49.8 Å². The first-order valence-electron chi connectivity index (χ1n) is 4.90. The monoisotopic (exact) mass is 396 g/mol. The Kier molecular flexibility index (Phi) is 5.81. The molecule has 2 N–H and O–H groups in total. The molecule has 0 fully saturated rings. The van der Waals surface area contributed by atoms with Crippen LogP contribution in [-0.4, -0.2) is 52.0 Å². The van der Waals surface area contributed by atoms with Crippen molar-refractivity contribution in [3.63, 3.8) is 0 Å². The maximum Gasteiger partial charge on any atom is 0.440 e. The van der Waals surface area contributed by atoms with Gasteiger partial charge in [0.05, 0.1) is 0 Å². The van der Waals surface area contributed by atoms with Crippen molar-refractivity contribution >= 4 is 7.60 Å². The van der Waals surface area contributed by atoms with Crippen LogP contribution < -0.4 is 0 Å². The van der Waals surface area contributed by atoms with Gasteiger partial charge in [0.15, 0.2) is 6.17 Å². The molecular weight excluding hydrogens is 391 g/mol. The van der Waals surface area contributed by atoms with E-state index >= 15 is 0 Å². The molecule has 0 aromatic rings. The zero-order valence-electron chi connectivity index (χ0n) is 10.0. The van der Waals surface area contributed by atoms with Gasteiger partial charge in [-0.15, -0.1) is 0 Å². The normalized spacial score (nSPS) is 20.3. The predicted molar refractivity (Wildman–Crippen MR) is 47.6 cm³/mol. The van der Waals surface area contributed by atoms with Crippen molar-refractivity contribution in [3.05, 3.63) is 0 Å². The highest BCUT2D eigenvalue weighted by Crippen LogP contribution is 2.69. The lowest BCUT2D eigenvalue weighted by atomic mass is 9.98. The Hall–Kier alpha value is -0.690. The maximum absolute atomic E-state index is 13.3. The Balaban J connectivity index is 6.34. The molecule has 16 heteroatoms. The maximum atomic E-state index is 13.3. The van der Waals surface area contributed by atoms with Gasteiger partial charge in [-0.2, -0.15) is 30.7 Å². The summed E-state index contributed by atoms with van der Waals surface area (Å²) in [5.74, 6) is -14.8. The van der Waals surface area contributed by atoms with E-state index in [1.54, 1.807) is 0 Å². The first kappa shape index (κ1) is 22.3. The number of hydrogen-bond acceptors (Lipinski definition) is 1. The summed E-state index contributed by atoms with van der Waals surface area (Å²) in [6.45, 7) is 0. The SMILES string of the molecule is O=P(O)(O)C(F)(C(F)(F)F)C(F)(F)C(F)(F)C(F)C(F)C(F)F. The van der Waals surface area contributed by atoms with Gasteiger partial charge < -0.3 is 9.79 Å². The minimum atomic E-state index is -7.82. The van der Waals surface area contributed by atoms with Crippen LogP contribution in [0.25, 0.3) is 0 Å². The molecule has 3 nitrogen and oxygen atoms in total. The van der Waals surface area contributed by atoms with Crippen LogP contribution in [0.3, 0.4) is 0 Å². The summed E-state index contributed by atoms with van der Waals surface area (Å²) in [6.07, 6.45) is -22.3. The standard InChI is InChI=1S/C7H5F12O3P/c8-1(3(10)11)2(9)4(12,13)5(14,15)6(16,7(17,18)19)23(20,21)22/h1-3H,(H2,20,21,22). The van der Waals surface area contributed by atoms with Crippen LogP contribution in [0.2, 0.25) is 0 Å². The second-order valence-corrected chi connectivity index (χ2v) is 5.75. The highest BCUT2D eigenvalue weighted by molar-refractivity contribution is 7.53. The highest BCUT2D eigenvalue weighted by Gasteiger charge is 2.89. The van der Waals surface area contributed by atoms with E-state index in [1.165, 1.54) is 0 Å². The minimum absolute atomic E-state index is 4.72. The zero-order chi connectivity index (χ0) is 19.2. The summed E-state index contributed by atoms with van der Waals surface area (Å²) < 4.78 is 161. The van der Waals surface area contributed by atoms with Crippen molar-refractivity contribution in [2.24, 2.45) is 0 Å². The molecule has 0 aliphatic heterocycles. The van der Waals surface area contributed by atoms with Gasteiger partial charge in [-0.25, -0.2) is 22.0 Å². The molecule has 3 atom stereocenters. The van der Waals surface area contributed by atoms with Crippen LogP contribution in [0.5, 0.6) is 0 Å². The van der Waals surface area contributed by atoms with Gasteiger partial charge in [0, 0.05) is 0 Å². The van der Waals surface area contributed by atoms with Crippen LogP contribution in [0, 0.1) is 0 Å². The fourth-order valence-corrected chi connectivity index (χ4v) is 2.09. The fraction of sp³-hybridized carbons (Fsp3) is 1.00. The average molecular weight is 396 g/mol. The molecule has 0 saturated carbocycles. The molecule has 23 heavy (non-hydrogen) atoms. The fourth-order valence-electron chi connectivity index (χ4n) is 1.25. The lowest BCUT2D eigenvalue weighted by Gasteiger charge is -2.39. The number of alkyl halides is 12. The van der Waals surface area contributed by atoms with Crippen molar-refractivity contribution in [3.8, 4) is 0 Å². The van der Waals surface area contributed by atoms with Gasteiger partial charge in [0.2, 0.25) is 6.17 Å². The summed E-state index contributed by atoms with van der Waals surface area (Å²) in [4.78, 5) is 16.1. The van der Waals surface area contributed by atoms with Gasteiger partial charge in [0.1, 0.15) is 0 Å². The third kappa shape index (κ3) is 3.27. The van der Waals surface area contributed by atoms with E-state index in [9.17, 15) is 57.3 Å². The van der Waals surface area contributed by atoms with Gasteiger partial charge in [-0.1, -0.05) is 0 Å². The first-order chi connectivity index (χ1) is 9.76. The molecule has 0 aliphatic rings. The topological polar surface area (TPSA) is 57.5 Å². The van der Waals surface area contributed by atoms with Crippen LogP contribution in [0.4, 0.5) is 52.7 Å². The number of hydrogen-bond donors (Lipinski definition) is 2. The van der Waals surface area contributed by atoms with Crippen molar-refractivity contribution in [2.75, 3.05) is 0 Å². The largest absolute Gasteiger partial charge is 0.440 e. The molecule has 0 bridgehead atoms. The summed E-state index contributed by atoms with van der Waals surface area (Å²) in [6, 6.07) is 0. The quantitative estimate of drug-likeness (QED) is 0.533. The minimum Gasteiger partial charge on any atom is -0.322 e. The summed E-state index contributed by atoms with van der Waals surface area (Å²) in [7, 11) is -7.82. The summed E-state index contributed by atoms with van der Waals surface area (Å²) in [5, 5.41) is -7.36. The van der Waals surface area contributed by atoms with Crippen molar-refractivity contribution in [1.82, 2.24) is 0 Å². The van der Waals surface area contributed by atoms with Crippen molar-refractivity contribution < 1.29 is 67.0 Å². The van der Waals surface area contributed by atoms with Gasteiger partial charge in [0.25, 0.3) is 6.43 Å². The van der Waals surface area contributed by atoms with E-state index in [1.807, 2.05) is 0 Å². The average Bonchev–Trinajstić information content (AvgIpc) is 2.32. The smallest absolute Gasteiger partial charge is 0.322 e. The van der Waals surface area contributed by atoms with E-state index in [2.05, 4.69) is 0 Å². The van der Waals surface area contributed by atoms with Gasteiger partial charge in [-0.05, 0) is 0 Å². The molecule has 0 heterocycles. The predicted octanol–water partition coefficient (Wildman–Crippen LogP) is 3.60. The molecular formula is C7H5F12O3P. The molecule has 0 aliphatic carbocycles. The van der Waals surface area contributed by atoms with Gasteiger partial charge >= 0.3 is 31.0 Å². The Morgan fingerprint density at radius 3 is 1.35 bits per heavy atom. The molecule has 0 saturated heterocycles. The molecule has 0 radical (unpaired) electrons. The number of rotatable bonds is 6.